The molecule has 0 aliphatic carbocycles. The Balaban J connectivity index is 1.68. The summed E-state index contributed by atoms with van der Waals surface area (Å²) >= 11 is 0. The Morgan fingerprint density at radius 3 is 1.62 bits per heavy atom. The van der Waals surface area contributed by atoms with E-state index >= 15 is 0 Å². The second-order valence-corrected chi connectivity index (χ2v) is 10.1. The van der Waals surface area contributed by atoms with Crippen molar-refractivity contribution >= 4 is 27.2 Å². The fourth-order valence-electron chi connectivity index (χ4n) is 5.37. The van der Waals surface area contributed by atoms with Crippen LogP contribution in [0.1, 0.15) is 16.7 Å². The third-order valence-electron chi connectivity index (χ3n) is 7.33. The van der Waals surface area contributed by atoms with Gasteiger partial charge in [0.15, 0.2) is 0 Å². The Bertz CT molecular complexity index is 1870. The van der Waals surface area contributed by atoms with Crippen LogP contribution in [0.5, 0.6) is 0 Å². The average molecular weight is 572 g/mol. The summed E-state index contributed by atoms with van der Waals surface area (Å²) in [6.07, 6.45) is -9.93. The molecule has 42 heavy (non-hydrogen) atoms. The van der Waals surface area contributed by atoms with Gasteiger partial charge in [0, 0.05) is 23.4 Å². The second kappa shape index (κ2) is 10.6. The number of anilines is 1. The van der Waals surface area contributed by atoms with Crippen LogP contribution in [0.3, 0.4) is 0 Å². The fourth-order valence-corrected chi connectivity index (χ4v) is 5.37. The highest BCUT2D eigenvalue weighted by atomic mass is 19.4. The van der Waals surface area contributed by atoms with Crippen molar-refractivity contribution < 1.29 is 26.3 Å². The SMILES string of the molecule is FC(F)(F)c1cc(-c2ccc3ccccc3c2-c2c(NCc3ccccc3)ccc3ccccc23)cc(C(F)(F)F)c1. The van der Waals surface area contributed by atoms with Gasteiger partial charge in [-0.15, -0.1) is 0 Å². The highest BCUT2D eigenvalue weighted by Crippen LogP contribution is 2.47. The molecule has 0 bridgehead atoms. The van der Waals surface area contributed by atoms with Crippen LogP contribution >= 0.6 is 0 Å². The first kappa shape index (κ1) is 27.4. The molecule has 7 heteroatoms. The van der Waals surface area contributed by atoms with Crippen molar-refractivity contribution in [2.24, 2.45) is 0 Å². The van der Waals surface area contributed by atoms with E-state index in [9.17, 15) is 26.3 Å². The minimum Gasteiger partial charge on any atom is -0.380 e. The van der Waals surface area contributed by atoms with Crippen LogP contribution in [0.15, 0.2) is 121 Å². The third kappa shape index (κ3) is 5.30. The number of hydrogen-bond donors (Lipinski definition) is 1. The molecule has 0 fully saturated rings. The number of nitrogens with one attached hydrogen (secondary N) is 1. The van der Waals surface area contributed by atoms with Gasteiger partial charge < -0.3 is 5.32 Å². The number of hydrogen-bond acceptors (Lipinski definition) is 1. The summed E-state index contributed by atoms with van der Waals surface area (Å²) in [5.41, 5.74) is 0.359. The summed E-state index contributed by atoms with van der Waals surface area (Å²) in [6.45, 7) is 0.466. The molecular weight excluding hydrogens is 548 g/mol. The molecular formula is C35H23F6N. The normalized spacial score (nSPS) is 12.1. The maximum atomic E-state index is 13.9. The van der Waals surface area contributed by atoms with Crippen molar-refractivity contribution in [2.75, 3.05) is 5.32 Å². The molecule has 0 aromatic heterocycles. The molecule has 0 unspecified atom stereocenters. The maximum Gasteiger partial charge on any atom is 0.416 e. The van der Waals surface area contributed by atoms with E-state index in [2.05, 4.69) is 5.32 Å². The first-order valence-electron chi connectivity index (χ1n) is 13.2. The van der Waals surface area contributed by atoms with Crippen molar-refractivity contribution in [3.05, 3.63) is 138 Å². The monoisotopic (exact) mass is 571 g/mol. The van der Waals surface area contributed by atoms with Crippen LogP contribution in [0.2, 0.25) is 0 Å². The highest BCUT2D eigenvalue weighted by molar-refractivity contribution is 6.14. The van der Waals surface area contributed by atoms with Crippen molar-refractivity contribution in [3.63, 3.8) is 0 Å². The van der Waals surface area contributed by atoms with Crippen LogP contribution in [0.4, 0.5) is 32.0 Å². The van der Waals surface area contributed by atoms with E-state index in [0.29, 0.717) is 28.7 Å². The average Bonchev–Trinajstić information content (AvgIpc) is 2.98. The molecule has 0 amide bonds. The summed E-state index contributed by atoms with van der Waals surface area (Å²) in [5.74, 6) is 0. The van der Waals surface area contributed by atoms with Crippen LogP contribution < -0.4 is 5.32 Å². The van der Waals surface area contributed by atoms with Crippen molar-refractivity contribution in [3.8, 4) is 22.3 Å². The number of rotatable bonds is 5. The van der Waals surface area contributed by atoms with Gasteiger partial charge in [-0.3, -0.25) is 0 Å². The summed E-state index contributed by atoms with van der Waals surface area (Å²) < 4.78 is 83.3. The molecule has 0 heterocycles. The summed E-state index contributed by atoms with van der Waals surface area (Å²) in [6, 6.07) is 33.6. The largest absolute Gasteiger partial charge is 0.416 e. The lowest BCUT2D eigenvalue weighted by molar-refractivity contribution is -0.143. The van der Waals surface area contributed by atoms with Gasteiger partial charge in [0.1, 0.15) is 0 Å². The van der Waals surface area contributed by atoms with E-state index in [1.165, 1.54) is 0 Å². The summed E-state index contributed by atoms with van der Waals surface area (Å²) in [4.78, 5) is 0. The Hall–Kier alpha value is -4.78. The van der Waals surface area contributed by atoms with Gasteiger partial charge in [-0.2, -0.15) is 26.3 Å². The van der Waals surface area contributed by atoms with Crippen molar-refractivity contribution in [1.29, 1.82) is 0 Å². The molecule has 0 saturated heterocycles. The standard InChI is InChI=1S/C35H23F6N/c36-34(37,38)26-18-25(19-27(20-26)35(39,40)41)30-16-14-23-10-4-6-12-28(23)32(30)33-29-13-7-5-11-24(29)15-17-31(33)42-21-22-8-2-1-3-9-22/h1-20,42H,21H2. The topological polar surface area (TPSA) is 12.0 Å². The minimum atomic E-state index is -4.96. The Kier molecular flexibility index (Phi) is 6.89. The number of halogens is 6. The zero-order valence-electron chi connectivity index (χ0n) is 22.0. The molecule has 0 saturated carbocycles. The lowest BCUT2D eigenvalue weighted by Gasteiger charge is -2.21. The van der Waals surface area contributed by atoms with E-state index in [1.807, 2.05) is 91.0 Å². The summed E-state index contributed by atoms with van der Waals surface area (Å²) in [7, 11) is 0. The first-order chi connectivity index (χ1) is 20.1. The predicted molar refractivity (Wildman–Crippen MR) is 156 cm³/mol. The minimum absolute atomic E-state index is 0.162. The lowest BCUT2D eigenvalue weighted by atomic mass is 9.85. The molecule has 1 nitrogen and oxygen atoms in total. The van der Waals surface area contributed by atoms with Gasteiger partial charge in [-0.25, -0.2) is 0 Å². The predicted octanol–water partition coefficient (Wildman–Crippen LogP) is 11.0. The molecule has 6 aromatic carbocycles. The molecule has 210 valence electrons. The van der Waals surface area contributed by atoms with E-state index in [4.69, 9.17) is 0 Å². The quantitative estimate of drug-likeness (QED) is 0.203. The van der Waals surface area contributed by atoms with Gasteiger partial charge in [0.05, 0.1) is 11.1 Å². The van der Waals surface area contributed by atoms with Gasteiger partial charge in [-0.1, -0.05) is 97.1 Å². The smallest absolute Gasteiger partial charge is 0.380 e. The molecule has 0 radical (unpaired) electrons. The van der Waals surface area contributed by atoms with Crippen LogP contribution in [0, 0.1) is 0 Å². The Morgan fingerprint density at radius 2 is 1.02 bits per heavy atom. The molecule has 0 atom stereocenters. The fraction of sp³-hybridized carbons (Fsp3) is 0.0857. The molecule has 6 aromatic rings. The second-order valence-electron chi connectivity index (χ2n) is 10.1. The van der Waals surface area contributed by atoms with E-state index in [0.717, 1.165) is 33.9 Å². The molecule has 0 aliphatic heterocycles. The zero-order valence-corrected chi connectivity index (χ0v) is 22.0. The Labute approximate surface area is 238 Å². The van der Waals surface area contributed by atoms with Gasteiger partial charge in [0.2, 0.25) is 0 Å². The number of fused-ring (bicyclic) bond motifs is 2. The maximum absolute atomic E-state index is 13.9. The van der Waals surface area contributed by atoms with Crippen molar-refractivity contribution in [1.82, 2.24) is 0 Å². The molecule has 6 rings (SSSR count). The van der Waals surface area contributed by atoms with E-state index < -0.39 is 23.5 Å². The van der Waals surface area contributed by atoms with Crippen molar-refractivity contribution in [2.45, 2.75) is 18.9 Å². The zero-order chi connectivity index (χ0) is 29.5. The van der Waals surface area contributed by atoms with Gasteiger partial charge in [-0.05, 0) is 62.5 Å². The van der Waals surface area contributed by atoms with Crippen LogP contribution in [0.25, 0.3) is 43.8 Å². The number of benzene rings is 6. The first-order valence-corrected chi connectivity index (χ1v) is 13.2. The number of alkyl halides is 6. The molecule has 0 spiro atoms. The third-order valence-corrected chi connectivity index (χ3v) is 7.33. The van der Waals surface area contributed by atoms with Gasteiger partial charge in [0.25, 0.3) is 0 Å². The van der Waals surface area contributed by atoms with E-state index in [1.54, 1.807) is 12.1 Å². The van der Waals surface area contributed by atoms with Crippen LogP contribution in [-0.2, 0) is 18.9 Å². The van der Waals surface area contributed by atoms with Gasteiger partial charge >= 0.3 is 12.4 Å². The molecule has 1 N–H and O–H groups in total. The summed E-state index contributed by atoms with van der Waals surface area (Å²) in [5, 5.41) is 6.69. The van der Waals surface area contributed by atoms with E-state index in [-0.39, 0.29) is 17.2 Å². The molecule has 0 aliphatic rings. The lowest BCUT2D eigenvalue weighted by Crippen LogP contribution is -2.11. The highest BCUT2D eigenvalue weighted by Gasteiger charge is 2.37. The Morgan fingerprint density at radius 1 is 0.500 bits per heavy atom. The van der Waals surface area contributed by atoms with Crippen LogP contribution in [-0.4, -0.2) is 0 Å².